The SMILES string of the molecule is N.O=COP(=O)(O)O. The van der Waals surface area contributed by atoms with Gasteiger partial charge in [-0.15, -0.1) is 0 Å². The van der Waals surface area contributed by atoms with Crippen molar-refractivity contribution in [2.75, 3.05) is 0 Å². The summed E-state index contributed by atoms with van der Waals surface area (Å²) in [5.41, 5.74) is 0. The maximum absolute atomic E-state index is 9.47. The van der Waals surface area contributed by atoms with Crippen LogP contribution in [-0.2, 0) is 13.9 Å². The highest BCUT2D eigenvalue weighted by Crippen LogP contribution is 2.33. The molecule has 0 aromatic heterocycles. The third kappa shape index (κ3) is 9.13. The standard InChI is InChI=1S/CH3O5P.H3N/c2-1-6-7(3,4)5;/h1H,(H2,3,4,5);1H3. The average Bonchev–Trinajstić information content (AvgIpc) is 1.30. The summed E-state index contributed by atoms with van der Waals surface area (Å²) in [4.78, 5) is 24.5. The van der Waals surface area contributed by atoms with Crippen molar-refractivity contribution in [1.82, 2.24) is 6.15 Å². The van der Waals surface area contributed by atoms with Crippen molar-refractivity contribution in [3.63, 3.8) is 0 Å². The molecule has 0 amide bonds. The van der Waals surface area contributed by atoms with Gasteiger partial charge in [0.25, 0.3) is 0 Å². The molecular formula is CH6NO5P. The van der Waals surface area contributed by atoms with E-state index in [2.05, 4.69) is 4.52 Å². The fourth-order valence-corrected chi connectivity index (χ4v) is 0.168. The summed E-state index contributed by atoms with van der Waals surface area (Å²) in [7, 11) is -4.53. The smallest absolute Gasteiger partial charge is 0.373 e. The van der Waals surface area contributed by atoms with E-state index in [0.717, 1.165) is 0 Å². The number of carbonyl (C=O) groups is 1. The lowest BCUT2D eigenvalue weighted by Crippen LogP contribution is -1.81. The van der Waals surface area contributed by atoms with Gasteiger partial charge in [0.2, 0.25) is 0 Å². The minimum atomic E-state index is -4.53. The molecule has 0 fully saturated rings. The normalized spacial score (nSPS) is 9.25. The molecule has 0 saturated heterocycles. The van der Waals surface area contributed by atoms with Crippen molar-refractivity contribution in [3.8, 4) is 0 Å². The van der Waals surface area contributed by atoms with Crippen LogP contribution in [0.25, 0.3) is 0 Å². The van der Waals surface area contributed by atoms with Crippen molar-refractivity contribution < 1.29 is 23.7 Å². The van der Waals surface area contributed by atoms with Gasteiger partial charge in [0.1, 0.15) is 0 Å². The van der Waals surface area contributed by atoms with Crippen LogP contribution in [0.2, 0.25) is 0 Å². The molecule has 0 heterocycles. The Labute approximate surface area is 45.3 Å². The molecule has 0 saturated carbocycles. The summed E-state index contributed by atoms with van der Waals surface area (Å²) in [6, 6.07) is 0. The molecule has 7 heteroatoms. The van der Waals surface area contributed by atoms with E-state index in [1.54, 1.807) is 0 Å². The largest absolute Gasteiger partial charge is 0.526 e. The first-order valence-corrected chi connectivity index (χ1v) is 2.77. The van der Waals surface area contributed by atoms with E-state index in [4.69, 9.17) is 14.6 Å². The fourth-order valence-electron chi connectivity index (χ4n) is 0.0561. The topological polar surface area (TPSA) is 119 Å². The molecule has 0 bridgehead atoms. The Bertz CT molecular complexity index is 105. The van der Waals surface area contributed by atoms with Gasteiger partial charge in [0.05, 0.1) is 0 Å². The maximum Gasteiger partial charge on any atom is 0.526 e. The van der Waals surface area contributed by atoms with Crippen molar-refractivity contribution in [2.45, 2.75) is 0 Å². The van der Waals surface area contributed by atoms with E-state index in [0.29, 0.717) is 0 Å². The average molecular weight is 143 g/mol. The molecule has 0 aliphatic rings. The van der Waals surface area contributed by atoms with Gasteiger partial charge in [0.15, 0.2) is 0 Å². The number of phosphoric ester groups is 1. The monoisotopic (exact) mass is 143 g/mol. The van der Waals surface area contributed by atoms with Crippen molar-refractivity contribution in [1.29, 1.82) is 0 Å². The zero-order chi connectivity index (χ0) is 5.91. The van der Waals surface area contributed by atoms with Gasteiger partial charge in [-0.05, 0) is 0 Å². The first kappa shape index (κ1) is 10.5. The quantitative estimate of drug-likeness (QED) is 0.351. The second-order valence-corrected chi connectivity index (χ2v) is 1.88. The van der Waals surface area contributed by atoms with Crippen LogP contribution in [0, 0.1) is 0 Å². The van der Waals surface area contributed by atoms with Crippen LogP contribution >= 0.6 is 7.82 Å². The highest BCUT2D eigenvalue weighted by molar-refractivity contribution is 7.46. The molecule has 50 valence electrons. The van der Waals surface area contributed by atoms with Gasteiger partial charge < -0.3 is 10.7 Å². The fraction of sp³-hybridized carbons (Fsp3) is 0. The molecule has 0 spiro atoms. The summed E-state index contributed by atoms with van der Waals surface area (Å²) in [5, 5.41) is 0. The predicted octanol–water partition coefficient (Wildman–Crippen LogP) is -0.586. The highest BCUT2D eigenvalue weighted by Gasteiger charge is 2.11. The predicted molar refractivity (Wildman–Crippen MR) is 24.2 cm³/mol. The summed E-state index contributed by atoms with van der Waals surface area (Å²) < 4.78 is 12.7. The van der Waals surface area contributed by atoms with E-state index in [1.807, 2.05) is 0 Å². The van der Waals surface area contributed by atoms with Gasteiger partial charge in [-0.3, -0.25) is 14.6 Å². The summed E-state index contributed by atoms with van der Waals surface area (Å²) in [5.74, 6) is 0. The molecular weight excluding hydrogens is 137 g/mol. The lowest BCUT2D eigenvalue weighted by atomic mass is 11.7. The van der Waals surface area contributed by atoms with Crippen LogP contribution in [0.1, 0.15) is 0 Å². The van der Waals surface area contributed by atoms with Gasteiger partial charge in [-0.25, -0.2) is 4.57 Å². The third-order valence-electron chi connectivity index (χ3n) is 0.180. The second-order valence-electron chi connectivity index (χ2n) is 0.692. The van der Waals surface area contributed by atoms with E-state index >= 15 is 0 Å². The van der Waals surface area contributed by atoms with Crippen molar-refractivity contribution in [2.24, 2.45) is 0 Å². The molecule has 0 aromatic carbocycles. The molecule has 0 rings (SSSR count). The van der Waals surface area contributed by atoms with Gasteiger partial charge in [-0.2, -0.15) is 0 Å². The van der Waals surface area contributed by atoms with Crippen LogP contribution in [-0.4, -0.2) is 16.3 Å². The Hall–Kier alpha value is -0.420. The molecule has 5 N–H and O–H groups in total. The van der Waals surface area contributed by atoms with Crippen LogP contribution in [0.3, 0.4) is 0 Å². The Kier molecular flexibility index (Phi) is 4.70. The van der Waals surface area contributed by atoms with Gasteiger partial charge in [-0.1, -0.05) is 0 Å². The third-order valence-corrected chi connectivity index (χ3v) is 0.541. The second kappa shape index (κ2) is 3.57. The van der Waals surface area contributed by atoms with Gasteiger partial charge >= 0.3 is 14.3 Å². The number of carbonyl (C=O) groups excluding carboxylic acids is 1. The Balaban J connectivity index is 0. The van der Waals surface area contributed by atoms with Crippen molar-refractivity contribution in [3.05, 3.63) is 0 Å². The molecule has 0 atom stereocenters. The summed E-state index contributed by atoms with van der Waals surface area (Å²) in [6.07, 6.45) is 0. The minimum Gasteiger partial charge on any atom is -0.373 e. The molecule has 0 radical (unpaired) electrons. The van der Waals surface area contributed by atoms with E-state index in [9.17, 15) is 4.57 Å². The lowest BCUT2D eigenvalue weighted by molar-refractivity contribution is -0.121. The number of hydrogen-bond donors (Lipinski definition) is 3. The van der Waals surface area contributed by atoms with E-state index in [-0.39, 0.29) is 12.6 Å². The number of phosphoric acid groups is 1. The molecule has 0 unspecified atom stereocenters. The highest BCUT2D eigenvalue weighted by atomic mass is 31.2. The van der Waals surface area contributed by atoms with Crippen LogP contribution < -0.4 is 6.15 Å². The maximum atomic E-state index is 9.47. The van der Waals surface area contributed by atoms with Crippen LogP contribution in [0.4, 0.5) is 0 Å². The zero-order valence-electron chi connectivity index (χ0n) is 3.85. The molecule has 0 aliphatic carbocycles. The van der Waals surface area contributed by atoms with Crippen molar-refractivity contribution >= 4 is 14.3 Å². The first-order chi connectivity index (χ1) is 3.06. The lowest BCUT2D eigenvalue weighted by Gasteiger charge is -1.93. The minimum absolute atomic E-state index is 0. The molecule has 0 aliphatic heterocycles. The first-order valence-electron chi connectivity index (χ1n) is 1.24. The molecule has 0 aromatic rings. The van der Waals surface area contributed by atoms with Gasteiger partial charge in [0, 0.05) is 0 Å². The Morgan fingerprint density at radius 2 is 1.88 bits per heavy atom. The summed E-state index contributed by atoms with van der Waals surface area (Å²) in [6.45, 7) is -0.305. The van der Waals surface area contributed by atoms with E-state index in [1.165, 1.54) is 0 Å². The molecule has 8 heavy (non-hydrogen) atoms. The zero-order valence-corrected chi connectivity index (χ0v) is 4.75. The number of hydrogen-bond acceptors (Lipinski definition) is 4. The Morgan fingerprint density at radius 1 is 1.50 bits per heavy atom. The van der Waals surface area contributed by atoms with Crippen LogP contribution in [0.5, 0.6) is 0 Å². The number of rotatable bonds is 2. The Morgan fingerprint density at radius 3 is 1.88 bits per heavy atom. The van der Waals surface area contributed by atoms with Crippen LogP contribution in [0.15, 0.2) is 0 Å². The molecule has 6 nitrogen and oxygen atoms in total. The van der Waals surface area contributed by atoms with E-state index < -0.39 is 7.82 Å². The summed E-state index contributed by atoms with van der Waals surface area (Å²) >= 11 is 0.